The largest absolute Gasteiger partial charge is 0.389 e. The van der Waals surface area contributed by atoms with E-state index in [0.29, 0.717) is 18.9 Å². The molecule has 1 aliphatic rings. The lowest BCUT2D eigenvalue weighted by Crippen LogP contribution is -2.22. The fourth-order valence-corrected chi connectivity index (χ4v) is 3.17. The molecule has 2 unspecified atom stereocenters. The van der Waals surface area contributed by atoms with Gasteiger partial charge in [0, 0.05) is 13.1 Å². The fourth-order valence-electron chi connectivity index (χ4n) is 2.32. The second-order valence-electron chi connectivity index (χ2n) is 4.65. The van der Waals surface area contributed by atoms with Crippen LogP contribution in [0.1, 0.15) is 0 Å². The Labute approximate surface area is 115 Å². The van der Waals surface area contributed by atoms with Crippen LogP contribution in [0.25, 0.3) is 11.1 Å². The Morgan fingerprint density at radius 1 is 1.16 bits per heavy atom. The Kier molecular flexibility index (Phi) is 3.14. The van der Waals surface area contributed by atoms with Crippen LogP contribution < -0.4 is 10.6 Å². The lowest BCUT2D eigenvalue weighted by atomic mass is 10.1. The molecule has 6 heteroatoms. The zero-order chi connectivity index (χ0) is 13.4. The summed E-state index contributed by atoms with van der Waals surface area (Å²) in [6.07, 6.45) is -1.43. The predicted molar refractivity (Wildman–Crippen MR) is 76.2 cm³/mol. The van der Waals surface area contributed by atoms with E-state index in [0.717, 1.165) is 16.1 Å². The van der Waals surface area contributed by atoms with E-state index in [2.05, 4.69) is 4.37 Å². The number of benzene rings is 1. The van der Waals surface area contributed by atoms with Crippen molar-refractivity contribution in [2.24, 2.45) is 0 Å². The van der Waals surface area contributed by atoms with Crippen LogP contribution in [0.5, 0.6) is 0 Å². The summed E-state index contributed by atoms with van der Waals surface area (Å²) in [6.45, 7) is 0.811. The predicted octanol–water partition coefficient (Wildman–Crippen LogP) is 0.934. The van der Waals surface area contributed by atoms with E-state index < -0.39 is 12.2 Å². The van der Waals surface area contributed by atoms with Crippen LogP contribution in [0.2, 0.25) is 0 Å². The molecule has 5 nitrogen and oxygen atoms in total. The maximum Gasteiger partial charge on any atom is 0.147 e. The zero-order valence-corrected chi connectivity index (χ0v) is 11.0. The monoisotopic (exact) mass is 277 g/mol. The first-order chi connectivity index (χ1) is 9.16. The molecule has 1 aromatic heterocycles. The maximum atomic E-state index is 9.66. The van der Waals surface area contributed by atoms with Crippen molar-refractivity contribution < 1.29 is 10.2 Å². The third-order valence-electron chi connectivity index (χ3n) is 3.31. The van der Waals surface area contributed by atoms with Gasteiger partial charge in [-0.05, 0) is 17.1 Å². The molecule has 2 aromatic rings. The number of β-amino-alcohol motifs (C(OH)–C–C–N with tert-alkyl or cyclic N) is 2. The van der Waals surface area contributed by atoms with Crippen molar-refractivity contribution in [1.29, 1.82) is 0 Å². The average Bonchev–Trinajstić information content (AvgIpc) is 2.95. The van der Waals surface area contributed by atoms with E-state index in [-0.39, 0.29) is 0 Å². The first-order valence-electron chi connectivity index (χ1n) is 6.08. The highest BCUT2D eigenvalue weighted by molar-refractivity contribution is 7.11. The maximum absolute atomic E-state index is 9.66. The SMILES string of the molecule is Nc1nsc(N2CC(O)C(O)C2)c1-c1ccccc1. The summed E-state index contributed by atoms with van der Waals surface area (Å²) in [7, 11) is 0. The summed E-state index contributed by atoms with van der Waals surface area (Å²) in [6, 6.07) is 9.80. The van der Waals surface area contributed by atoms with Gasteiger partial charge in [0.1, 0.15) is 10.8 Å². The van der Waals surface area contributed by atoms with Gasteiger partial charge in [0.15, 0.2) is 0 Å². The quantitative estimate of drug-likeness (QED) is 0.761. The van der Waals surface area contributed by atoms with Crippen LogP contribution >= 0.6 is 11.5 Å². The van der Waals surface area contributed by atoms with Crippen LogP contribution in [-0.4, -0.2) is 39.9 Å². The fraction of sp³-hybridized carbons (Fsp3) is 0.308. The minimum Gasteiger partial charge on any atom is -0.389 e. The highest BCUT2D eigenvalue weighted by atomic mass is 32.1. The molecule has 1 aromatic carbocycles. The molecule has 4 N–H and O–H groups in total. The van der Waals surface area contributed by atoms with Gasteiger partial charge in [-0.3, -0.25) is 0 Å². The second-order valence-corrected chi connectivity index (χ2v) is 5.41. The van der Waals surface area contributed by atoms with Gasteiger partial charge in [-0.15, -0.1) is 0 Å². The van der Waals surface area contributed by atoms with Gasteiger partial charge in [0.25, 0.3) is 0 Å². The lowest BCUT2D eigenvalue weighted by molar-refractivity contribution is 0.0572. The molecule has 19 heavy (non-hydrogen) atoms. The molecule has 0 amide bonds. The normalized spacial score (nSPS) is 22.9. The summed E-state index contributed by atoms with van der Waals surface area (Å²) >= 11 is 1.30. The van der Waals surface area contributed by atoms with Gasteiger partial charge < -0.3 is 20.8 Å². The molecule has 100 valence electrons. The third kappa shape index (κ3) is 2.18. The molecular formula is C13H15N3O2S. The van der Waals surface area contributed by atoms with Gasteiger partial charge in [0.2, 0.25) is 0 Å². The number of rotatable bonds is 2. The highest BCUT2D eigenvalue weighted by Crippen LogP contribution is 2.40. The Morgan fingerprint density at radius 3 is 2.42 bits per heavy atom. The highest BCUT2D eigenvalue weighted by Gasteiger charge is 2.32. The number of anilines is 2. The van der Waals surface area contributed by atoms with Crippen molar-refractivity contribution in [3.05, 3.63) is 30.3 Å². The molecule has 0 aliphatic carbocycles. The molecule has 0 saturated carbocycles. The number of nitrogen functional groups attached to an aromatic ring is 1. The van der Waals surface area contributed by atoms with Gasteiger partial charge in [-0.1, -0.05) is 30.3 Å². The Bertz CT molecular complexity index is 563. The Balaban J connectivity index is 2.00. The van der Waals surface area contributed by atoms with Gasteiger partial charge in [-0.25, -0.2) is 0 Å². The first-order valence-corrected chi connectivity index (χ1v) is 6.86. The van der Waals surface area contributed by atoms with E-state index in [1.165, 1.54) is 11.5 Å². The molecule has 0 radical (unpaired) electrons. The first kappa shape index (κ1) is 12.4. The standard InChI is InChI=1S/C13H15N3O2S/c14-12-11(8-4-2-1-3-5-8)13(19-15-12)16-6-9(17)10(18)7-16/h1-5,9-10,17-18H,6-7H2,(H2,14,15). The van der Waals surface area contributed by atoms with Crippen molar-refractivity contribution in [2.45, 2.75) is 12.2 Å². The summed E-state index contributed by atoms with van der Waals surface area (Å²) in [4.78, 5) is 1.94. The molecule has 2 heterocycles. The Hall–Kier alpha value is -1.63. The number of nitrogens with two attached hydrogens (primary N) is 1. The summed E-state index contributed by atoms with van der Waals surface area (Å²) in [5.74, 6) is 0.488. The minimum absolute atomic E-state index is 0.405. The molecule has 3 rings (SSSR count). The van der Waals surface area contributed by atoms with Crippen molar-refractivity contribution >= 4 is 22.4 Å². The molecule has 0 bridgehead atoms. The zero-order valence-electron chi connectivity index (χ0n) is 10.2. The molecule has 1 saturated heterocycles. The molecule has 1 fully saturated rings. The van der Waals surface area contributed by atoms with Crippen molar-refractivity contribution in [3.63, 3.8) is 0 Å². The second kappa shape index (κ2) is 4.80. The van der Waals surface area contributed by atoms with Gasteiger partial charge in [0.05, 0.1) is 17.8 Å². The van der Waals surface area contributed by atoms with Crippen LogP contribution in [0.3, 0.4) is 0 Å². The van der Waals surface area contributed by atoms with Crippen LogP contribution in [0.15, 0.2) is 30.3 Å². The van der Waals surface area contributed by atoms with Crippen LogP contribution in [0.4, 0.5) is 10.8 Å². The number of aliphatic hydroxyl groups is 2. The van der Waals surface area contributed by atoms with E-state index in [1.807, 2.05) is 35.2 Å². The van der Waals surface area contributed by atoms with Crippen LogP contribution in [0, 0.1) is 0 Å². The van der Waals surface area contributed by atoms with Gasteiger partial charge in [-0.2, -0.15) is 4.37 Å². The number of nitrogens with zero attached hydrogens (tertiary/aromatic N) is 2. The third-order valence-corrected chi connectivity index (χ3v) is 4.23. The topological polar surface area (TPSA) is 82.6 Å². The van der Waals surface area contributed by atoms with E-state index >= 15 is 0 Å². The van der Waals surface area contributed by atoms with E-state index in [4.69, 9.17) is 5.73 Å². The van der Waals surface area contributed by atoms with Crippen molar-refractivity contribution in [3.8, 4) is 11.1 Å². The average molecular weight is 277 g/mol. The number of hydrogen-bond acceptors (Lipinski definition) is 6. The number of hydrogen-bond donors (Lipinski definition) is 3. The number of aromatic nitrogens is 1. The molecular weight excluding hydrogens is 262 g/mol. The van der Waals surface area contributed by atoms with E-state index in [1.54, 1.807) is 0 Å². The Morgan fingerprint density at radius 2 is 1.79 bits per heavy atom. The molecule has 2 atom stereocenters. The number of aliphatic hydroxyl groups excluding tert-OH is 2. The van der Waals surface area contributed by atoms with Crippen molar-refractivity contribution in [2.75, 3.05) is 23.7 Å². The van der Waals surface area contributed by atoms with Gasteiger partial charge >= 0.3 is 0 Å². The summed E-state index contributed by atoms with van der Waals surface area (Å²) in [5, 5.41) is 20.2. The lowest BCUT2D eigenvalue weighted by Gasteiger charge is -2.17. The van der Waals surface area contributed by atoms with E-state index in [9.17, 15) is 10.2 Å². The summed E-state index contributed by atoms with van der Waals surface area (Å²) in [5.41, 5.74) is 7.84. The summed E-state index contributed by atoms with van der Waals surface area (Å²) < 4.78 is 4.20. The molecule has 1 aliphatic heterocycles. The smallest absolute Gasteiger partial charge is 0.147 e. The minimum atomic E-state index is -0.716. The van der Waals surface area contributed by atoms with Crippen molar-refractivity contribution in [1.82, 2.24) is 4.37 Å². The molecule has 0 spiro atoms. The van der Waals surface area contributed by atoms with Crippen LogP contribution in [-0.2, 0) is 0 Å².